The number of hydrogen-bond acceptors (Lipinski definition) is 17. The number of ether oxygens (including phenoxy) is 3. The summed E-state index contributed by atoms with van der Waals surface area (Å²) in [5, 5.41) is 22.7. The van der Waals surface area contributed by atoms with Crippen LogP contribution in [0.5, 0.6) is 0 Å². The summed E-state index contributed by atoms with van der Waals surface area (Å²) in [7, 11) is -4.82. The summed E-state index contributed by atoms with van der Waals surface area (Å²) in [6.45, 7) is 4.26. The zero-order chi connectivity index (χ0) is 48.8. The maximum Gasteiger partial charge on any atom is 0.472 e. The second kappa shape index (κ2) is 28.5. The molecule has 66 heavy (non-hydrogen) atoms. The molecule has 0 aromatic carbocycles. The topological polar surface area (TPSA) is 367 Å². The molecule has 2 aliphatic rings. The molecule has 3 heterocycles. The Morgan fingerprint density at radius 2 is 1.68 bits per heavy atom. The quantitative estimate of drug-likeness (QED) is 0.0422. The number of rotatable bonds is 17. The summed E-state index contributed by atoms with van der Waals surface area (Å²) in [5.41, 5.74) is 11.5. The van der Waals surface area contributed by atoms with Crippen LogP contribution in [0.1, 0.15) is 58.6 Å². The van der Waals surface area contributed by atoms with Gasteiger partial charge in [-0.1, -0.05) is 13.8 Å². The number of aromatic nitrogens is 2. The molecule has 1 aromatic heterocycles. The number of hydrogen-bond donors (Lipinski definition) is 11. The maximum absolute atomic E-state index is 14.1. The highest BCUT2D eigenvalue weighted by atomic mass is 32.1. The molecule has 7 amide bonds. The molecule has 0 saturated carbocycles. The van der Waals surface area contributed by atoms with Gasteiger partial charge in [-0.3, -0.25) is 42.6 Å². The van der Waals surface area contributed by atoms with Crippen LogP contribution in [-0.4, -0.2) is 173 Å². The summed E-state index contributed by atoms with van der Waals surface area (Å²) in [4.78, 5) is 112. The molecule has 9 atom stereocenters. The Kier molecular flexibility index (Phi) is 24.0. The lowest BCUT2D eigenvalue weighted by Crippen LogP contribution is -2.61. The van der Waals surface area contributed by atoms with Gasteiger partial charge in [0.1, 0.15) is 36.3 Å². The fourth-order valence-corrected chi connectivity index (χ4v) is 7.76. The number of carbonyl (C=O) groups is 7. The Hall–Kier alpha value is -4.66. The summed E-state index contributed by atoms with van der Waals surface area (Å²) >= 11 is 3.99. The van der Waals surface area contributed by atoms with E-state index in [1.54, 1.807) is 6.08 Å². The van der Waals surface area contributed by atoms with Gasteiger partial charge in [-0.25, -0.2) is 9.55 Å². The van der Waals surface area contributed by atoms with Crippen LogP contribution in [-0.2, 0) is 67.8 Å². The van der Waals surface area contributed by atoms with Gasteiger partial charge < -0.3 is 72.1 Å². The average Bonchev–Trinajstić information content (AvgIpc) is 3.95. The molecule has 372 valence electrons. The number of phosphoric ester groups is 1. The third-order valence-corrected chi connectivity index (χ3v) is 11.6. The Morgan fingerprint density at radius 3 is 2.33 bits per heavy atom. The molecule has 1 saturated heterocycles. The summed E-state index contributed by atoms with van der Waals surface area (Å²) in [5.74, 6) is -5.46. The third-order valence-electron chi connectivity index (χ3n) is 10.1. The number of imidazole rings is 1. The van der Waals surface area contributed by atoms with Gasteiger partial charge in [0, 0.05) is 37.0 Å². The lowest BCUT2D eigenvalue weighted by Gasteiger charge is -2.28. The number of nitrogens with one attached hydrogen (secondary N) is 6. The van der Waals surface area contributed by atoms with E-state index in [2.05, 4.69) is 49.2 Å². The van der Waals surface area contributed by atoms with Crippen molar-refractivity contribution in [3.63, 3.8) is 0 Å². The van der Waals surface area contributed by atoms with E-state index in [9.17, 15) is 48.1 Å². The third kappa shape index (κ3) is 19.3. The number of allylic oxidation sites excluding steroid dienone is 1. The minimum Gasteiger partial charge on any atom is -0.496 e. The van der Waals surface area contributed by atoms with Gasteiger partial charge in [-0.2, -0.15) is 12.6 Å². The predicted molar refractivity (Wildman–Crippen MR) is 237 cm³/mol. The summed E-state index contributed by atoms with van der Waals surface area (Å²) < 4.78 is 39.8. The number of likely N-dealkylation sites (tertiary alicyclic amines) is 1. The number of amides is 7. The van der Waals surface area contributed by atoms with E-state index in [1.165, 1.54) is 30.6 Å². The largest absolute Gasteiger partial charge is 0.496 e. The molecule has 1 aromatic rings. The van der Waals surface area contributed by atoms with E-state index >= 15 is 0 Å². The number of aliphatic hydroxyl groups is 1. The van der Waals surface area contributed by atoms with E-state index in [1.807, 2.05) is 13.8 Å². The first kappa shape index (κ1) is 55.7. The highest BCUT2D eigenvalue weighted by Crippen LogP contribution is 2.45. The Bertz CT molecular complexity index is 1830. The molecule has 27 heteroatoms. The predicted octanol–water partition coefficient (Wildman–Crippen LogP) is -2.97. The Labute approximate surface area is 387 Å². The van der Waals surface area contributed by atoms with Crippen molar-refractivity contribution >= 4 is 61.8 Å². The van der Waals surface area contributed by atoms with Crippen LogP contribution in [0.2, 0.25) is 0 Å². The van der Waals surface area contributed by atoms with Crippen molar-refractivity contribution in [2.24, 2.45) is 17.4 Å². The van der Waals surface area contributed by atoms with Crippen LogP contribution in [0, 0.1) is 5.92 Å². The van der Waals surface area contributed by atoms with E-state index in [0.29, 0.717) is 5.69 Å². The fraction of sp³-hybridized carbons (Fsp3) is 0.692. The highest BCUT2D eigenvalue weighted by Gasteiger charge is 2.42. The number of fused-ring (bicyclic) bond motifs is 2. The van der Waals surface area contributed by atoms with Gasteiger partial charge in [0.15, 0.2) is 0 Å². The van der Waals surface area contributed by atoms with Crippen molar-refractivity contribution in [2.45, 2.75) is 108 Å². The van der Waals surface area contributed by atoms with Gasteiger partial charge in [0.25, 0.3) is 0 Å². The molecular weight excluding hydrogens is 912 g/mol. The second-order valence-corrected chi connectivity index (χ2v) is 17.7. The standard InChI is InChI=1S/C39H65N10O15PS/c1-23(2)15-28-36(54)45-29(16-25-18-42-22-44-25)37(55)47-30(20-50)38(56)48-33(34(41)52)24(3)64-65(58,59)63-10-6-4-5-9-62-26-17-31(39(57)46-28)49(19-26)32(51)7-11-60-13-14-61-12-8-43-35(53)27(40)21-66/h5,9,18,22-24,26-31,33,50,66H,4,6-8,10-17,19-21,40H2,1-3H3,(H2,41,52)(H,42,44)(H,43,53)(H,45,54)(H,46,57)(H,47,55)(H,48,56)(H,58,59)/b9-5-/t24-,26-,27+,28+,29+,30+,31+,33+/m1/s1. The monoisotopic (exact) mass is 976 g/mol. The normalized spacial score (nSPS) is 27.5. The van der Waals surface area contributed by atoms with Crippen LogP contribution in [0.25, 0.3) is 0 Å². The Morgan fingerprint density at radius 1 is 1.02 bits per heavy atom. The van der Waals surface area contributed by atoms with E-state index in [4.69, 9.17) is 34.7 Å². The van der Waals surface area contributed by atoms with Crippen LogP contribution < -0.4 is 38.1 Å². The molecular formula is C39H65N10O15PS. The van der Waals surface area contributed by atoms with Crippen molar-refractivity contribution in [2.75, 3.05) is 58.5 Å². The minimum atomic E-state index is -4.82. The number of phosphoric acid groups is 1. The lowest BCUT2D eigenvalue weighted by atomic mass is 10.0. The molecule has 25 nitrogen and oxygen atoms in total. The van der Waals surface area contributed by atoms with Crippen molar-refractivity contribution in [1.82, 2.24) is 41.5 Å². The second-order valence-electron chi connectivity index (χ2n) is 15.9. The number of thiol groups is 1. The lowest BCUT2D eigenvalue weighted by molar-refractivity contribution is -0.140. The molecule has 0 radical (unpaired) electrons. The zero-order valence-electron chi connectivity index (χ0n) is 37.3. The molecule has 1 fully saturated rings. The van der Waals surface area contributed by atoms with Crippen molar-refractivity contribution in [1.29, 1.82) is 0 Å². The molecule has 0 aliphatic carbocycles. The summed E-state index contributed by atoms with van der Waals surface area (Å²) in [6.07, 6.45) is 3.82. The SMILES string of the molecule is CC(C)C[C@@H]1NC(=O)[C@@H]2C[C@H](CN2C(=O)CCOCCOCCNC(=O)[C@@H](N)CS)O/C=C\CCCOP(=O)(O)O[C@H](C)[C@@H](C(N)=O)NC(=O)[C@H](CO)NC(=O)[C@H](Cc2cnc[nH]2)NC1=O. The first-order valence-electron chi connectivity index (χ1n) is 21.5. The van der Waals surface area contributed by atoms with Crippen LogP contribution in [0.15, 0.2) is 24.9 Å². The smallest absolute Gasteiger partial charge is 0.472 e. The molecule has 2 bridgehead atoms. The molecule has 1 unspecified atom stereocenters. The van der Waals surface area contributed by atoms with Crippen LogP contribution in [0.3, 0.4) is 0 Å². The first-order chi connectivity index (χ1) is 31.3. The van der Waals surface area contributed by atoms with E-state index in [-0.39, 0.29) is 102 Å². The molecule has 3 rings (SSSR count). The number of carbonyl (C=O) groups excluding carboxylic acids is 7. The zero-order valence-corrected chi connectivity index (χ0v) is 39.0. The molecule has 12 N–H and O–H groups in total. The van der Waals surface area contributed by atoms with Gasteiger partial charge >= 0.3 is 7.82 Å². The van der Waals surface area contributed by atoms with E-state index < -0.39 is 98.3 Å². The number of aromatic amines is 1. The van der Waals surface area contributed by atoms with Crippen molar-refractivity contribution < 1.29 is 71.4 Å². The first-order valence-corrected chi connectivity index (χ1v) is 23.6. The summed E-state index contributed by atoms with van der Waals surface area (Å²) in [6, 6.07) is -7.94. The van der Waals surface area contributed by atoms with E-state index in [0.717, 1.165) is 0 Å². The van der Waals surface area contributed by atoms with Crippen LogP contribution in [0.4, 0.5) is 0 Å². The maximum atomic E-state index is 14.1. The van der Waals surface area contributed by atoms with Gasteiger partial charge in [-0.05, 0) is 38.2 Å². The average molecular weight is 977 g/mol. The van der Waals surface area contributed by atoms with Gasteiger partial charge in [0.05, 0.1) is 77.3 Å². The molecule has 0 spiro atoms. The van der Waals surface area contributed by atoms with Gasteiger partial charge in [0.2, 0.25) is 41.4 Å². The van der Waals surface area contributed by atoms with Crippen molar-refractivity contribution in [3.05, 3.63) is 30.6 Å². The van der Waals surface area contributed by atoms with Gasteiger partial charge in [-0.15, -0.1) is 0 Å². The van der Waals surface area contributed by atoms with Crippen molar-refractivity contribution in [3.8, 4) is 0 Å². The molecule has 2 aliphatic heterocycles. The fourth-order valence-electron chi connectivity index (χ4n) is 6.63. The number of nitrogens with two attached hydrogens (primary N) is 2. The highest BCUT2D eigenvalue weighted by molar-refractivity contribution is 7.80. The number of primary amides is 1. The minimum absolute atomic E-state index is 0.00132. The Balaban J connectivity index is 1.83. The number of aliphatic hydroxyl groups excluding tert-OH is 1. The number of nitrogens with zero attached hydrogens (tertiary/aromatic N) is 2. The number of H-pyrrole nitrogens is 1. The van der Waals surface area contributed by atoms with Crippen LogP contribution >= 0.6 is 20.5 Å².